The van der Waals surface area contributed by atoms with E-state index >= 15 is 0 Å². The molecule has 0 fully saturated rings. The minimum Gasteiger partial charge on any atom is -0.385 e. The standard InChI is InChI=1S/C19H23N3O3/c1-13-6-4-7-14(2)17(13)22-19(24)16-12-15(8-10-20-16)18(23)21-9-5-11-25-3/h4,6-8,10,12H,5,9,11H2,1-3H3,(H,21,23)(H,22,24). The van der Waals surface area contributed by atoms with Crippen molar-refractivity contribution >= 4 is 17.5 Å². The molecule has 0 unspecified atom stereocenters. The van der Waals surface area contributed by atoms with Gasteiger partial charge in [-0.25, -0.2) is 0 Å². The number of pyridine rings is 1. The van der Waals surface area contributed by atoms with Crippen molar-refractivity contribution in [2.75, 3.05) is 25.6 Å². The van der Waals surface area contributed by atoms with E-state index in [4.69, 9.17) is 4.74 Å². The predicted octanol–water partition coefficient (Wildman–Crippen LogP) is 2.72. The third-order valence-corrected chi connectivity index (χ3v) is 3.79. The van der Waals surface area contributed by atoms with Crippen molar-refractivity contribution in [1.29, 1.82) is 0 Å². The molecule has 6 nitrogen and oxygen atoms in total. The second kappa shape index (κ2) is 8.94. The van der Waals surface area contributed by atoms with Crippen LogP contribution in [0.15, 0.2) is 36.5 Å². The molecule has 25 heavy (non-hydrogen) atoms. The van der Waals surface area contributed by atoms with Gasteiger partial charge in [-0.15, -0.1) is 0 Å². The number of aromatic nitrogens is 1. The SMILES string of the molecule is COCCCNC(=O)c1ccnc(C(=O)Nc2c(C)cccc2C)c1. The van der Waals surface area contributed by atoms with Gasteiger partial charge in [-0.3, -0.25) is 14.6 Å². The maximum atomic E-state index is 12.5. The molecule has 0 aliphatic rings. The van der Waals surface area contributed by atoms with Crippen molar-refractivity contribution in [3.63, 3.8) is 0 Å². The fourth-order valence-electron chi connectivity index (χ4n) is 2.41. The van der Waals surface area contributed by atoms with Gasteiger partial charge in [0.05, 0.1) is 0 Å². The van der Waals surface area contributed by atoms with Crippen molar-refractivity contribution in [3.8, 4) is 0 Å². The Labute approximate surface area is 147 Å². The van der Waals surface area contributed by atoms with Gasteiger partial charge in [-0.1, -0.05) is 18.2 Å². The van der Waals surface area contributed by atoms with E-state index in [-0.39, 0.29) is 17.5 Å². The highest BCUT2D eigenvalue weighted by Gasteiger charge is 2.13. The quantitative estimate of drug-likeness (QED) is 0.759. The summed E-state index contributed by atoms with van der Waals surface area (Å²) in [4.78, 5) is 28.7. The zero-order chi connectivity index (χ0) is 18.2. The number of carbonyl (C=O) groups is 2. The summed E-state index contributed by atoms with van der Waals surface area (Å²) in [5.41, 5.74) is 3.32. The Kier molecular flexibility index (Phi) is 6.65. The van der Waals surface area contributed by atoms with E-state index in [1.807, 2.05) is 32.0 Å². The number of nitrogens with zero attached hydrogens (tertiary/aromatic N) is 1. The molecule has 2 N–H and O–H groups in total. The fourth-order valence-corrected chi connectivity index (χ4v) is 2.41. The number of methoxy groups -OCH3 is 1. The van der Waals surface area contributed by atoms with Crippen molar-refractivity contribution < 1.29 is 14.3 Å². The first-order valence-corrected chi connectivity index (χ1v) is 8.13. The zero-order valence-corrected chi connectivity index (χ0v) is 14.8. The van der Waals surface area contributed by atoms with Gasteiger partial charge in [0.25, 0.3) is 11.8 Å². The van der Waals surface area contributed by atoms with Gasteiger partial charge in [-0.05, 0) is 43.5 Å². The van der Waals surface area contributed by atoms with E-state index in [0.29, 0.717) is 18.7 Å². The van der Waals surface area contributed by atoms with E-state index in [0.717, 1.165) is 23.2 Å². The molecule has 6 heteroatoms. The predicted molar refractivity (Wildman–Crippen MR) is 96.9 cm³/mol. The number of para-hydroxylation sites is 1. The summed E-state index contributed by atoms with van der Waals surface area (Å²) in [6.07, 6.45) is 2.19. The Morgan fingerprint density at radius 2 is 1.84 bits per heavy atom. The van der Waals surface area contributed by atoms with Gasteiger partial charge in [0, 0.05) is 37.7 Å². The number of hydrogen-bond acceptors (Lipinski definition) is 4. The van der Waals surface area contributed by atoms with Gasteiger partial charge >= 0.3 is 0 Å². The van der Waals surface area contributed by atoms with Crippen LogP contribution in [0.5, 0.6) is 0 Å². The molecule has 0 radical (unpaired) electrons. The van der Waals surface area contributed by atoms with Gasteiger partial charge in [-0.2, -0.15) is 0 Å². The minimum absolute atomic E-state index is 0.201. The van der Waals surface area contributed by atoms with E-state index in [9.17, 15) is 9.59 Å². The average Bonchev–Trinajstić information content (AvgIpc) is 2.61. The van der Waals surface area contributed by atoms with Gasteiger partial charge in [0.2, 0.25) is 0 Å². The zero-order valence-electron chi connectivity index (χ0n) is 14.8. The smallest absolute Gasteiger partial charge is 0.274 e. The van der Waals surface area contributed by atoms with Crippen LogP contribution in [0.4, 0.5) is 5.69 Å². The molecule has 2 rings (SSSR count). The number of ether oxygens (including phenoxy) is 1. The van der Waals surface area contributed by atoms with E-state index in [1.54, 1.807) is 13.2 Å². The summed E-state index contributed by atoms with van der Waals surface area (Å²) in [5, 5.41) is 5.66. The van der Waals surface area contributed by atoms with Crippen LogP contribution >= 0.6 is 0 Å². The van der Waals surface area contributed by atoms with Crippen LogP contribution in [0.2, 0.25) is 0 Å². The molecule has 1 aromatic carbocycles. The topological polar surface area (TPSA) is 80.3 Å². The van der Waals surface area contributed by atoms with Crippen LogP contribution in [0, 0.1) is 13.8 Å². The monoisotopic (exact) mass is 341 g/mol. The number of benzene rings is 1. The molecule has 0 saturated heterocycles. The number of anilines is 1. The van der Waals surface area contributed by atoms with Crippen molar-refractivity contribution in [1.82, 2.24) is 10.3 Å². The Hall–Kier alpha value is -2.73. The molecule has 1 heterocycles. The first kappa shape index (κ1) is 18.6. The van der Waals surface area contributed by atoms with E-state index in [1.165, 1.54) is 12.3 Å². The highest BCUT2D eigenvalue weighted by Crippen LogP contribution is 2.20. The lowest BCUT2D eigenvalue weighted by molar-refractivity contribution is 0.0948. The van der Waals surface area contributed by atoms with Crippen LogP contribution in [-0.2, 0) is 4.74 Å². The van der Waals surface area contributed by atoms with Crippen molar-refractivity contribution in [3.05, 3.63) is 58.9 Å². The van der Waals surface area contributed by atoms with Crippen LogP contribution in [-0.4, -0.2) is 37.1 Å². The first-order valence-electron chi connectivity index (χ1n) is 8.13. The summed E-state index contributed by atoms with van der Waals surface area (Å²) < 4.78 is 4.94. The van der Waals surface area contributed by atoms with Crippen molar-refractivity contribution in [2.45, 2.75) is 20.3 Å². The molecule has 0 spiro atoms. The van der Waals surface area contributed by atoms with Crippen LogP contribution in [0.3, 0.4) is 0 Å². The van der Waals surface area contributed by atoms with Gasteiger partial charge in [0.15, 0.2) is 0 Å². The Balaban J connectivity index is 2.07. The summed E-state index contributed by atoms with van der Waals surface area (Å²) in [6.45, 7) is 4.96. The molecule has 1 aromatic heterocycles. The molecule has 2 aromatic rings. The number of amides is 2. The van der Waals surface area contributed by atoms with Crippen LogP contribution < -0.4 is 10.6 Å². The van der Waals surface area contributed by atoms with E-state index < -0.39 is 0 Å². The third kappa shape index (κ3) is 5.12. The van der Waals surface area contributed by atoms with Crippen LogP contribution in [0.25, 0.3) is 0 Å². The normalized spacial score (nSPS) is 10.4. The molecule has 2 amide bonds. The fraction of sp³-hybridized carbons (Fsp3) is 0.316. The number of aryl methyl sites for hydroxylation is 2. The summed E-state index contributed by atoms with van der Waals surface area (Å²) >= 11 is 0. The number of rotatable bonds is 7. The largest absolute Gasteiger partial charge is 0.385 e. The lowest BCUT2D eigenvalue weighted by atomic mass is 10.1. The third-order valence-electron chi connectivity index (χ3n) is 3.79. The minimum atomic E-state index is -0.341. The van der Waals surface area contributed by atoms with Gasteiger partial charge in [0.1, 0.15) is 5.69 Å². The summed E-state index contributed by atoms with van der Waals surface area (Å²) in [5.74, 6) is -0.578. The maximum absolute atomic E-state index is 12.5. The lowest BCUT2D eigenvalue weighted by Gasteiger charge is -2.11. The molecule has 0 atom stereocenters. The molecule has 0 bridgehead atoms. The van der Waals surface area contributed by atoms with Gasteiger partial charge < -0.3 is 15.4 Å². The van der Waals surface area contributed by atoms with E-state index in [2.05, 4.69) is 15.6 Å². The molecule has 132 valence electrons. The second-order valence-electron chi connectivity index (χ2n) is 5.75. The molecular formula is C19H23N3O3. The van der Waals surface area contributed by atoms with Crippen molar-refractivity contribution in [2.24, 2.45) is 0 Å². The number of nitrogens with one attached hydrogen (secondary N) is 2. The molecule has 0 saturated carbocycles. The molecule has 0 aliphatic carbocycles. The highest BCUT2D eigenvalue weighted by molar-refractivity contribution is 6.05. The average molecular weight is 341 g/mol. The lowest BCUT2D eigenvalue weighted by Crippen LogP contribution is -2.26. The highest BCUT2D eigenvalue weighted by atomic mass is 16.5. The second-order valence-corrected chi connectivity index (χ2v) is 5.75. The molecule has 0 aliphatic heterocycles. The first-order chi connectivity index (χ1) is 12.0. The summed E-state index contributed by atoms with van der Waals surface area (Å²) in [7, 11) is 1.62. The Morgan fingerprint density at radius 3 is 2.52 bits per heavy atom. The number of hydrogen-bond donors (Lipinski definition) is 2. The Bertz CT molecular complexity index is 739. The summed E-state index contributed by atoms with van der Waals surface area (Å²) in [6, 6.07) is 8.88. The number of carbonyl (C=O) groups excluding carboxylic acids is 2. The molecular weight excluding hydrogens is 318 g/mol. The van der Waals surface area contributed by atoms with Crippen LogP contribution in [0.1, 0.15) is 38.4 Å². The Morgan fingerprint density at radius 1 is 1.12 bits per heavy atom. The maximum Gasteiger partial charge on any atom is 0.274 e.